The highest BCUT2D eigenvalue weighted by molar-refractivity contribution is 5.96. The lowest BCUT2D eigenvalue weighted by atomic mass is 10.1. The van der Waals surface area contributed by atoms with Gasteiger partial charge in [-0.05, 0) is 54.8 Å². The number of benzene rings is 2. The third-order valence-electron chi connectivity index (χ3n) is 3.58. The first-order valence-electron chi connectivity index (χ1n) is 7.32. The Morgan fingerprint density at radius 2 is 1.65 bits per heavy atom. The van der Waals surface area contributed by atoms with Crippen LogP contribution in [0, 0.1) is 19.7 Å². The van der Waals surface area contributed by atoms with Gasteiger partial charge in [-0.25, -0.2) is 4.39 Å². The fourth-order valence-corrected chi connectivity index (χ4v) is 2.01. The largest absolute Gasteiger partial charge is 0.350 e. The summed E-state index contributed by atoms with van der Waals surface area (Å²) < 4.78 is 12.8. The third kappa shape index (κ3) is 4.92. The van der Waals surface area contributed by atoms with Crippen LogP contribution in [0.25, 0.3) is 0 Å². The topological polar surface area (TPSA) is 58.2 Å². The normalized spacial score (nSPS) is 10.2. The third-order valence-corrected chi connectivity index (χ3v) is 3.58. The molecule has 4 nitrogen and oxygen atoms in total. The van der Waals surface area contributed by atoms with E-state index >= 15 is 0 Å². The van der Waals surface area contributed by atoms with Crippen LogP contribution in [0.1, 0.15) is 27.0 Å². The van der Waals surface area contributed by atoms with Gasteiger partial charge >= 0.3 is 0 Å². The van der Waals surface area contributed by atoms with Crippen LogP contribution < -0.4 is 10.6 Å². The number of aryl methyl sites for hydroxylation is 2. The maximum Gasteiger partial charge on any atom is 0.251 e. The molecule has 0 aromatic heterocycles. The molecule has 0 heterocycles. The van der Waals surface area contributed by atoms with Crippen LogP contribution in [0.2, 0.25) is 0 Å². The Labute approximate surface area is 134 Å². The molecule has 0 fully saturated rings. The van der Waals surface area contributed by atoms with Gasteiger partial charge < -0.3 is 10.6 Å². The van der Waals surface area contributed by atoms with Gasteiger partial charge in [0.2, 0.25) is 5.91 Å². The Kier molecular flexibility index (Phi) is 5.46. The second-order valence-corrected chi connectivity index (χ2v) is 5.38. The monoisotopic (exact) mass is 314 g/mol. The van der Waals surface area contributed by atoms with E-state index in [-0.39, 0.29) is 24.2 Å². The molecule has 0 aliphatic heterocycles. The fraction of sp³-hybridized carbons (Fsp3) is 0.222. The second kappa shape index (κ2) is 7.54. The first-order valence-corrected chi connectivity index (χ1v) is 7.32. The molecule has 2 rings (SSSR count). The Hall–Kier alpha value is -2.69. The summed E-state index contributed by atoms with van der Waals surface area (Å²) in [6.45, 7) is 4.09. The minimum atomic E-state index is -0.319. The van der Waals surface area contributed by atoms with E-state index in [1.807, 2.05) is 19.9 Å². The zero-order valence-corrected chi connectivity index (χ0v) is 13.2. The molecule has 0 atom stereocenters. The highest BCUT2D eigenvalue weighted by Crippen LogP contribution is 2.09. The van der Waals surface area contributed by atoms with Crippen LogP contribution in [0.4, 0.5) is 4.39 Å². The highest BCUT2D eigenvalue weighted by atomic mass is 19.1. The molecule has 2 N–H and O–H groups in total. The van der Waals surface area contributed by atoms with Gasteiger partial charge in [-0.2, -0.15) is 0 Å². The first-order chi connectivity index (χ1) is 11.0. The number of carbonyl (C=O) groups is 2. The summed E-state index contributed by atoms with van der Waals surface area (Å²) in [6.07, 6.45) is 0. The van der Waals surface area contributed by atoms with Crippen LogP contribution in [0.3, 0.4) is 0 Å². The molecule has 23 heavy (non-hydrogen) atoms. The highest BCUT2D eigenvalue weighted by Gasteiger charge is 2.08. The van der Waals surface area contributed by atoms with Crippen LogP contribution in [0.5, 0.6) is 0 Å². The summed E-state index contributed by atoms with van der Waals surface area (Å²) in [5.41, 5.74) is 3.46. The number of rotatable bonds is 5. The van der Waals surface area contributed by atoms with Crippen LogP contribution in [-0.2, 0) is 11.3 Å². The molecular formula is C18H19FN2O2. The standard InChI is InChI=1S/C18H19FN2O2/c1-12-3-6-15(9-13(12)2)18(23)21-11-17(22)20-10-14-4-7-16(19)8-5-14/h3-9H,10-11H2,1-2H3,(H,20,22)(H,21,23). The van der Waals surface area contributed by atoms with E-state index in [0.717, 1.165) is 16.7 Å². The molecule has 0 aliphatic carbocycles. The number of halogens is 1. The maximum atomic E-state index is 12.8. The van der Waals surface area contributed by atoms with Crippen LogP contribution >= 0.6 is 0 Å². The van der Waals surface area contributed by atoms with E-state index in [1.165, 1.54) is 12.1 Å². The summed E-state index contributed by atoms with van der Waals surface area (Å²) in [5, 5.41) is 5.25. The lowest BCUT2D eigenvalue weighted by molar-refractivity contribution is -0.120. The molecule has 0 saturated carbocycles. The molecule has 5 heteroatoms. The molecule has 2 aromatic carbocycles. The van der Waals surface area contributed by atoms with Gasteiger partial charge in [0, 0.05) is 12.1 Å². The fourth-order valence-electron chi connectivity index (χ4n) is 2.01. The molecule has 2 aromatic rings. The van der Waals surface area contributed by atoms with Gasteiger partial charge in [0.05, 0.1) is 6.54 Å². The molecule has 0 bridgehead atoms. The Morgan fingerprint density at radius 1 is 0.957 bits per heavy atom. The molecule has 0 saturated heterocycles. The Morgan fingerprint density at radius 3 is 2.30 bits per heavy atom. The summed E-state index contributed by atoms with van der Waals surface area (Å²) in [6, 6.07) is 11.3. The average molecular weight is 314 g/mol. The predicted molar refractivity (Wildman–Crippen MR) is 86.5 cm³/mol. The predicted octanol–water partition coefficient (Wildman–Crippen LogP) is 2.49. The summed E-state index contributed by atoms with van der Waals surface area (Å²) >= 11 is 0. The smallest absolute Gasteiger partial charge is 0.251 e. The average Bonchev–Trinajstić information content (AvgIpc) is 2.54. The SMILES string of the molecule is Cc1ccc(C(=O)NCC(=O)NCc2ccc(F)cc2)cc1C. The summed E-state index contributed by atoms with van der Waals surface area (Å²) in [7, 11) is 0. The van der Waals surface area contributed by atoms with Crippen molar-refractivity contribution in [3.05, 3.63) is 70.5 Å². The molecule has 2 amide bonds. The van der Waals surface area contributed by atoms with Crippen molar-refractivity contribution in [1.29, 1.82) is 0 Å². The lowest BCUT2D eigenvalue weighted by Crippen LogP contribution is -2.36. The Bertz CT molecular complexity index is 711. The quantitative estimate of drug-likeness (QED) is 0.891. The van der Waals surface area contributed by atoms with Crippen molar-refractivity contribution in [2.24, 2.45) is 0 Å². The minimum absolute atomic E-state index is 0.104. The van der Waals surface area contributed by atoms with Crippen LogP contribution in [-0.4, -0.2) is 18.4 Å². The van der Waals surface area contributed by atoms with Gasteiger partial charge in [-0.1, -0.05) is 18.2 Å². The zero-order valence-electron chi connectivity index (χ0n) is 13.2. The van der Waals surface area contributed by atoms with E-state index in [0.29, 0.717) is 12.1 Å². The molecule has 0 spiro atoms. The molecule has 0 unspecified atom stereocenters. The van der Waals surface area contributed by atoms with E-state index < -0.39 is 0 Å². The van der Waals surface area contributed by atoms with Gasteiger partial charge in [-0.3, -0.25) is 9.59 Å². The van der Waals surface area contributed by atoms with Gasteiger partial charge in [0.25, 0.3) is 5.91 Å². The van der Waals surface area contributed by atoms with Crippen molar-refractivity contribution in [3.63, 3.8) is 0 Å². The van der Waals surface area contributed by atoms with Gasteiger partial charge in [-0.15, -0.1) is 0 Å². The van der Waals surface area contributed by atoms with E-state index in [4.69, 9.17) is 0 Å². The lowest BCUT2D eigenvalue weighted by Gasteiger charge is -2.08. The number of amides is 2. The number of hydrogen-bond donors (Lipinski definition) is 2. The van der Waals surface area contributed by atoms with E-state index in [1.54, 1.807) is 24.3 Å². The number of nitrogens with one attached hydrogen (secondary N) is 2. The molecule has 0 aliphatic rings. The van der Waals surface area contributed by atoms with E-state index in [9.17, 15) is 14.0 Å². The van der Waals surface area contributed by atoms with Crippen molar-refractivity contribution in [3.8, 4) is 0 Å². The number of hydrogen-bond acceptors (Lipinski definition) is 2. The van der Waals surface area contributed by atoms with Crippen molar-refractivity contribution in [2.45, 2.75) is 20.4 Å². The van der Waals surface area contributed by atoms with E-state index in [2.05, 4.69) is 10.6 Å². The number of carbonyl (C=O) groups excluding carboxylic acids is 2. The van der Waals surface area contributed by atoms with Crippen LogP contribution in [0.15, 0.2) is 42.5 Å². The van der Waals surface area contributed by atoms with Crippen molar-refractivity contribution < 1.29 is 14.0 Å². The first kappa shape index (κ1) is 16.7. The van der Waals surface area contributed by atoms with Gasteiger partial charge in [0.1, 0.15) is 5.82 Å². The van der Waals surface area contributed by atoms with Crippen molar-refractivity contribution >= 4 is 11.8 Å². The zero-order chi connectivity index (χ0) is 16.8. The Balaban J connectivity index is 1.80. The van der Waals surface area contributed by atoms with Crippen molar-refractivity contribution in [2.75, 3.05) is 6.54 Å². The van der Waals surface area contributed by atoms with Crippen molar-refractivity contribution in [1.82, 2.24) is 10.6 Å². The molecule has 120 valence electrons. The molecular weight excluding hydrogens is 295 g/mol. The summed E-state index contributed by atoms with van der Waals surface area (Å²) in [5.74, 6) is -0.905. The maximum absolute atomic E-state index is 12.8. The summed E-state index contributed by atoms with van der Waals surface area (Å²) in [4.78, 5) is 23.7. The second-order valence-electron chi connectivity index (χ2n) is 5.38. The minimum Gasteiger partial charge on any atom is -0.350 e. The molecule has 0 radical (unpaired) electrons. The van der Waals surface area contributed by atoms with Gasteiger partial charge in [0.15, 0.2) is 0 Å².